The van der Waals surface area contributed by atoms with Crippen LogP contribution in [0.2, 0.25) is 0 Å². The SMILES string of the molecule is CC(C)Cn1c(SCC(=O)NCc2ccccc2)nc2ccsc2c1=O. The van der Waals surface area contributed by atoms with E-state index in [-0.39, 0.29) is 17.2 Å². The van der Waals surface area contributed by atoms with Crippen LogP contribution in [0.1, 0.15) is 19.4 Å². The molecule has 1 aromatic carbocycles. The number of nitrogens with zero attached hydrogens (tertiary/aromatic N) is 2. The van der Waals surface area contributed by atoms with Crippen molar-refractivity contribution in [2.45, 2.75) is 32.1 Å². The second-order valence-corrected chi connectivity index (χ2v) is 8.25. The summed E-state index contributed by atoms with van der Waals surface area (Å²) in [6.07, 6.45) is 0. The molecule has 3 rings (SSSR count). The molecule has 0 spiro atoms. The smallest absolute Gasteiger partial charge is 0.272 e. The van der Waals surface area contributed by atoms with E-state index in [4.69, 9.17) is 0 Å². The first-order valence-electron chi connectivity index (χ1n) is 8.46. The van der Waals surface area contributed by atoms with Gasteiger partial charge >= 0.3 is 0 Å². The van der Waals surface area contributed by atoms with E-state index in [2.05, 4.69) is 24.1 Å². The molecule has 1 N–H and O–H groups in total. The van der Waals surface area contributed by atoms with Gasteiger partial charge in [0.2, 0.25) is 5.91 Å². The van der Waals surface area contributed by atoms with Crippen LogP contribution >= 0.6 is 23.1 Å². The number of amides is 1. The minimum atomic E-state index is -0.0744. The van der Waals surface area contributed by atoms with Gasteiger partial charge in [-0.3, -0.25) is 14.2 Å². The summed E-state index contributed by atoms with van der Waals surface area (Å²) in [5, 5.41) is 5.38. The van der Waals surface area contributed by atoms with Gasteiger partial charge in [0.05, 0.1) is 11.3 Å². The Morgan fingerprint density at radius 2 is 2.04 bits per heavy atom. The van der Waals surface area contributed by atoms with Gasteiger partial charge in [0.25, 0.3) is 5.56 Å². The van der Waals surface area contributed by atoms with Crippen LogP contribution in [0.5, 0.6) is 0 Å². The number of nitrogens with one attached hydrogen (secondary N) is 1. The van der Waals surface area contributed by atoms with Crippen molar-refractivity contribution in [3.05, 3.63) is 57.7 Å². The fraction of sp³-hybridized carbons (Fsp3) is 0.316. The molecule has 3 aromatic rings. The van der Waals surface area contributed by atoms with E-state index in [0.29, 0.717) is 34.4 Å². The Kier molecular flexibility index (Phi) is 6.11. The van der Waals surface area contributed by atoms with Crippen molar-refractivity contribution in [2.24, 2.45) is 5.92 Å². The third kappa shape index (κ3) is 4.53. The number of benzene rings is 1. The number of rotatable bonds is 7. The maximum Gasteiger partial charge on any atom is 0.272 e. The van der Waals surface area contributed by atoms with Gasteiger partial charge in [-0.2, -0.15) is 0 Å². The lowest BCUT2D eigenvalue weighted by Gasteiger charge is -2.13. The Morgan fingerprint density at radius 1 is 1.27 bits per heavy atom. The summed E-state index contributed by atoms with van der Waals surface area (Å²) in [6.45, 7) is 5.21. The molecule has 0 atom stereocenters. The maximum absolute atomic E-state index is 12.7. The predicted octanol–water partition coefficient (Wildman–Crippen LogP) is 3.52. The fourth-order valence-corrected chi connectivity index (χ4v) is 4.15. The second-order valence-electron chi connectivity index (χ2n) is 6.39. The van der Waals surface area contributed by atoms with Crippen molar-refractivity contribution in [3.8, 4) is 0 Å². The average molecular weight is 388 g/mol. The van der Waals surface area contributed by atoms with Crippen LogP contribution < -0.4 is 10.9 Å². The molecule has 0 saturated heterocycles. The van der Waals surface area contributed by atoms with Crippen LogP contribution in [0.25, 0.3) is 10.2 Å². The molecule has 0 aliphatic rings. The van der Waals surface area contributed by atoms with Gasteiger partial charge in [0, 0.05) is 13.1 Å². The Bertz CT molecular complexity index is 948. The molecule has 0 bridgehead atoms. The minimum Gasteiger partial charge on any atom is -0.351 e. The zero-order valence-corrected chi connectivity index (χ0v) is 16.4. The number of hydrogen-bond acceptors (Lipinski definition) is 5. The molecule has 0 radical (unpaired) electrons. The molecule has 2 aromatic heterocycles. The second kappa shape index (κ2) is 8.51. The first-order chi connectivity index (χ1) is 12.5. The lowest BCUT2D eigenvalue weighted by Crippen LogP contribution is -2.27. The highest BCUT2D eigenvalue weighted by atomic mass is 32.2. The van der Waals surface area contributed by atoms with Crippen LogP contribution in [0.15, 0.2) is 51.7 Å². The molecule has 2 heterocycles. The highest BCUT2D eigenvalue weighted by Crippen LogP contribution is 2.21. The van der Waals surface area contributed by atoms with Gasteiger partial charge < -0.3 is 5.32 Å². The fourth-order valence-electron chi connectivity index (χ4n) is 2.54. The van der Waals surface area contributed by atoms with Crippen molar-refractivity contribution in [1.82, 2.24) is 14.9 Å². The number of carbonyl (C=O) groups is 1. The summed E-state index contributed by atoms with van der Waals surface area (Å²) in [5.74, 6) is 0.472. The number of carbonyl (C=O) groups excluding carboxylic acids is 1. The number of hydrogen-bond donors (Lipinski definition) is 1. The maximum atomic E-state index is 12.7. The number of aromatic nitrogens is 2. The van der Waals surface area contributed by atoms with Crippen LogP contribution in [0, 0.1) is 5.92 Å². The van der Waals surface area contributed by atoms with E-state index >= 15 is 0 Å². The van der Waals surface area contributed by atoms with Gasteiger partial charge in [0.15, 0.2) is 5.16 Å². The summed E-state index contributed by atoms with van der Waals surface area (Å²) in [7, 11) is 0. The van der Waals surface area contributed by atoms with Crippen molar-refractivity contribution in [3.63, 3.8) is 0 Å². The van der Waals surface area contributed by atoms with Crippen LogP contribution in [0.3, 0.4) is 0 Å². The molecule has 136 valence electrons. The van der Waals surface area contributed by atoms with E-state index in [0.717, 1.165) is 5.56 Å². The molecular formula is C19H21N3O2S2. The number of fused-ring (bicyclic) bond motifs is 1. The van der Waals surface area contributed by atoms with Crippen LogP contribution in [-0.2, 0) is 17.9 Å². The first-order valence-corrected chi connectivity index (χ1v) is 10.3. The summed E-state index contributed by atoms with van der Waals surface area (Å²) in [4.78, 5) is 29.5. The average Bonchev–Trinajstić information content (AvgIpc) is 3.10. The lowest BCUT2D eigenvalue weighted by atomic mass is 10.2. The minimum absolute atomic E-state index is 0.0223. The summed E-state index contributed by atoms with van der Waals surface area (Å²) >= 11 is 2.72. The monoisotopic (exact) mass is 387 g/mol. The normalized spacial score (nSPS) is 11.2. The molecule has 0 aliphatic heterocycles. The molecule has 26 heavy (non-hydrogen) atoms. The Hall–Kier alpha value is -2.12. The molecular weight excluding hydrogens is 366 g/mol. The topological polar surface area (TPSA) is 64.0 Å². The Balaban J connectivity index is 1.71. The molecule has 0 unspecified atom stereocenters. The third-order valence-electron chi connectivity index (χ3n) is 3.74. The highest BCUT2D eigenvalue weighted by Gasteiger charge is 2.15. The van der Waals surface area contributed by atoms with Gasteiger partial charge in [-0.1, -0.05) is 55.9 Å². The molecule has 0 saturated carbocycles. The van der Waals surface area contributed by atoms with Crippen LogP contribution in [0.4, 0.5) is 0 Å². The van der Waals surface area contributed by atoms with E-state index in [1.165, 1.54) is 23.1 Å². The predicted molar refractivity (Wildman–Crippen MR) is 108 cm³/mol. The van der Waals surface area contributed by atoms with Crippen molar-refractivity contribution in [2.75, 3.05) is 5.75 Å². The van der Waals surface area contributed by atoms with E-state index in [1.807, 2.05) is 41.8 Å². The quantitative estimate of drug-likeness (QED) is 0.498. The molecule has 0 aliphatic carbocycles. The van der Waals surface area contributed by atoms with Gasteiger partial charge in [-0.15, -0.1) is 11.3 Å². The largest absolute Gasteiger partial charge is 0.351 e. The lowest BCUT2D eigenvalue weighted by molar-refractivity contribution is -0.118. The van der Waals surface area contributed by atoms with E-state index in [1.54, 1.807) is 4.57 Å². The van der Waals surface area contributed by atoms with Crippen molar-refractivity contribution >= 4 is 39.2 Å². The number of thiophene rings is 1. The molecule has 7 heteroatoms. The number of thioether (sulfide) groups is 1. The van der Waals surface area contributed by atoms with Crippen LogP contribution in [-0.4, -0.2) is 21.2 Å². The molecule has 1 amide bonds. The molecule has 5 nitrogen and oxygen atoms in total. The zero-order chi connectivity index (χ0) is 18.5. The van der Waals surface area contributed by atoms with Crippen molar-refractivity contribution in [1.29, 1.82) is 0 Å². The van der Waals surface area contributed by atoms with E-state index < -0.39 is 0 Å². The standard InChI is InChI=1S/C19H21N3O2S2/c1-13(2)11-22-18(24)17-15(8-9-25-17)21-19(22)26-12-16(23)20-10-14-6-4-3-5-7-14/h3-9,13H,10-12H2,1-2H3,(H,20,23). The van der Waals surface area contributed by atoms with Gasteiger partial charge in [-0.05, 0) is 22.9 Å². The highest BCUT2D eigenvalue weighted by molar-refractivity contribution is 7.99. The van der Waals surface area contributed by atoms with Gasteiger partial charge in [0.1, 0.15) is 4.70 Å². The Morgan fingerprint density at radius 3 is 2.77 bits per heavy atom. The molecule has 0 fully saturated rings. The third-order valence-corrected chi connectivity index (χ3v) is 5.61. The first kappa shape index (κ1) is 18.7. The summed E-state index contributed by atoms with van der Waals surface area (Å²) in [6, 6.07) is 11.6. The zero-order valence-electron chi connectivity index (χ0n) is 14.8. The van der Waals surface area contributed by atoms with Crippen molar-refractivity contribution < 1.29 is 4.79 Å². The summed E-state index contributed by atoms with van der Waals surface area (Å²) < 4.78 is 2.36. The van der Waals surface area contributed by atoms with E-state index in [9.17, 15) is 9.59 Å². The summed E-state index contributed by atoms with van der Waals surface area (Å²) in [5.41, 5.74) is 1.73. The Labute approximate surface area is 160 Å². The van der Waals surface area contributed by atoms with Gasteiger partial charge in [-0.25, -0.2) is 4.98 Å².